The van der Waals surface area contributed by atoms with E-state index in [0.29, 0.717) is 50.0 Å². The van der Waals surface area contributed by atoms with Crippen molar-refractivity contribution in [3.63, 3.8) is 0 Å². The van der Waals surface area contributed by atoms with Crippen molar-refractivity contribution in [1.82, 2.24) is 15.0 Å². The van der Waals surface area contributed by atoms with Crippen molar-refractivity contribution in [1.29, 1.82) is 0 Å². The van der Waals surface area contributed by atoms with Crippen molar-refractivity contribution in [2.24, 2.45) is 0 Å². The molecule has 3 heterocycles. The third-order valence-electron chi connectivity index (χ3n) is 3.53. The first-order chi connectivity index (χ1) is 11.6. The van der Waals surface area contributed by atoms with Crippen LogP contribution in [0.4, 0.5) is 16.0 Å². The van der Waals surface area contributed by atoms with Crippen LogP contribution in [-0.4, -0.2) is 52.3 Å². The molecule has 0 unspecified atom stereocenters. The van der Waals surface area contributed by atoms with Gasteiger partial charge in [0.15, 0.2) is 17.3 Å². The zero-order valence-corrected chi connectivity index (χ0v) is 12.8. The molecule has 0 bridgehead atoms. The molecule has 2 N–H and O–H groups in total. The van der Waals surface area contributed by atoms with Crippen LogP contribution in [-0.2, 0) is 11.3 Å². The van der Waals surface area contributed by atoms with Gasteiger partial charge in [-0.25, -0.2) is 24.1 Å². The predicted octanol–water partition coefficient (Wildman–Crippen LogP) is 1.16. The lowest BCUT2D eigenvalue weighted by atomic mass is 10.2. The van der Waals surface area contributed by atoms with E-state index in [0.717, 1.165) is 6.20 Å². The summed E-state index contributed by atoms with van der Waals surface area (Å²) in [4.78, 5) is 24.4. The van der Waals surface area contributed by atoms with Gasteiger partial charge in [-0.1, -0.05) is 0 Å². The number of nitrogens with one attached hydrogen (secondary N) is 1. The maximum atomic E-state index is 14.2. The van der Waals surface area contributed by atoms with E-state index in [4.69, 9.17) is 9.84 Å². The van der Waals surface area contributed by atoms with E-state index < -0.39 is 5.97 Å². The van der Waals surface area contributed by atoms with Crippen molar-refractivity contribution in [2.45, 2.75) is 6.54 Å². The van der Waals surface area contributed by atoms with E-state index in [9.17, 15) is 9.18 Å². The second-order valence-electron chi connectivity index (χ2n) is 5.19. The number of rotatable bonds is 5. The van der Waals surface area contributed by atoms with E-state index in [1.807, 2.05) is 4.90 Å². The molecule has 0 amide bonds. The van der Waals surface area contributed by atoms with Gasteiger partial charge in [-0.05, 0) is 11.6 Å². The van der Waals surface area contributed by atoms with E-state index in [2.05, 4.69) is 20.3 Å². The average molecular weight is 333 g/mol. The molecule has 9 heteroatoms. The van der Waals surface area contributed by atoms with Gasteiger partial charge in [0, 0.05) is 25.8 Å². The Morgan fingerprint density at radius 3 is 2.67 bits per heavy atom. The van der Waals surface area contributed by atoms with E-state index in [1.165, 1.54) is 12.3 Å². The van der Waals surface area contributed by atoms with Gasteiger partial charge in [0.05, 0.1) is 25.6 Å². The van der Waals surface area contributed by atoms with Gasteiger partial charge in [0.25, 0.3) is 0 Å². The molecule has 3 rings (SSSR count). The fourth-order valence-corrected chi connectivity index (χ4v) is 2.30. The lowest BCUT2D eigenvalue weighted by Gasteiger charge is -2.28. The van der Waals surface area contributed by atoms with Gasteiger partial charge in [-0.2, -0.15) is 0 Å². The lowest BCUT2D eigenvalue weighted by molar-refractivity contribution is 0.0690. The molecular weight excluding hydrogens is 317 g/mol. The Morgan fingerprint density at radius 2 is 2.04 bits per heavy atom. The molecule has 1 fully saturated rings. The monoisotopic (exact) mass is 333 g/mol. The van der Waals surface area contributed by atoms with Crippen molar-refractivity contribution >= 4 is 17.6 Å². The summed E-state index contributed by atoms with van der Waals surface area (Å²) in [6.07, 6.45) is 4.07. The predicted molar refractivity (Wildman–Crippen MR) is 83.5 cm³/mol. The zero-order valence-electron chi connectivity index (χ0n) is 12.8. The first-order valence-corrected chi connectivity index (χ1v) is 7.40. The second kappa shape index (κ2) is 7.18. The molecule has 0 spiro atoms. The SMILES string of the molecule is O=C(O)c1cnc(NCc2cnc(N3CCOCC3)c(F)c2)cn1. The van der Waals surface area contributed by atoms with Gasteiger partial charge in [-0.3, -0.25) is 0 Å². The molecule has 0 radical (unpaired) electrons. The van der Waals surface area contributed by atoms with Crippen LogP contribution in [0.25, 0.3) is 0 Å². The number of hydrogen-bond donors (Lipinski definition) is 2. The summed E-state index contributed by atoms with van der Waals surface area (Å²) in [5.74, 6) is -0.798. The van der Waals surface area contributed by atoms with Crippen molar-refractivity contribution in [3.8, 4) is 0 Å². The number of pyridine rings is 1. The van der Waals surface area contributed by atoms with Crippen LogP contribution in [0.2, 0.25) is 0 Å². The smallest absolute Gasteiger partial charge is 0.356 e. The Hall–Kier alpha value is -2.81. The Morgan fingerprint density at radius 1 is 1.25 bits per heavy atom. The third-order valence-corrected chi connectivity index (χ3v) is 3.53. The molecule has 0 saturated carbocycles. The van der Waals surface area contributed by atoms with Crippen LogP contribution in [0.1, 0.15) is 16.1 Å². The number of morpholine rings is 1. The largest absolute Gasteiger partial charge is 0.476 e. The quantitative estimate of drug-likeness (QED) is 0.841. The highest BCUT2D eigenvalue weighted by Crippen LogP contribution is 2.18. The number of anilines is 2. The van der Waals surface area contributed by atoms with Crippen LogP contribution >= 0.6 is 0 Å². The number of nitrogens with zero attached hydrogens (tertiary/aromatic N) is 4. The molecule has 24 heavy (non-hydrogen) atoms. The van der Waals surface area contributed by atoms with Gasteiger partial charge >= 0.3 is 5.97 Å². The molecule has 0 aliphatic carbocycles. The number of ether oxygens (including phenoxy) is 1. The Labute approximate surface area is 137 Å². The van der Waals surface area contributed by atoms with Gasteiger partial charge in [0.1, 0.15) is 5.82 Å². The zero-order chi connectivity index (χ0) is 16.9. The highest BCUT2D eigenvalue weighted by Gasteiger charge is 2.16. The van der Waals surface area contributed by atoms with E-state index in [-0.39, 0.29) is 11.5 Å². The molecule has 0 aromatic carbocycles. The summed E-state index contributed by atoms with van der Waals surface area (Å²) in [6.45, 7) is 2.67. The summed E-state index contributed by atoms with van der Waals surface area (Å²) in [5, 5.41) is 11.7. The van der Waals surface area contributed by atoms with Crippen LogP contribution in [0, 0.1) is 5.82 Å². The Bertz CT molecular complexity index is 720. The van der Waals surface area contributed by atoms with Crippen LogP contribution in [0.5, 0.6) is 0 Å². The molecule has 2 aromatic heterocycles. The summed E-state index contributed by atoms with van der Waals surface area (Å²) < 4.78 is 19.5. The molecule has 1 aliphatic heterocycles. The number of aromatic nitrogens is 3. The van der Waals surface area contributed by atoms with E-state index >= 15 is 0 Å². The van der Waals surface area contributed by atoms with Crippen LogP contribution in [0.3, 0.4) is 0 Å². The van der Waals surface area contributed by atoms with Crippen molar-refractivity contribution in [2.75, 3.05) is 36.5 Å². The maximum Gasteiger partial charge on any atom is 0.356 e. The Kier molecular flexibility index (Phi) is 4.80. The second-order valence-corrected chi connectivity index (χ2v) is 5.19. The molecule has 126 valence electrons. The van der Waals surface area contributed by atoms with Crippen molar-refractivity contribution < 1.29 is 19.0 Å². The number of aromatic carboxylic acids is 1. The maximum absolute atomic E-state index is 14.2. The number of carbonyl (C=O) groups is 1. The highest BCUT2D eigenvalue weighted by atomic mass is 19.1. The lowest BCUT2D eigenvalue weighted by Crippen LogP contribution is -2.37. The molecule has 1 aliphatic rings. The normalized spacial score (nSPS) is 14.5. The first-order valence-electron chi connectivity index (χ1n) is 7.40. The number of halogens is 1. The molecule has 8 nitrogen and oxygen atoms in total. The van der Waals surface area contributed by atoms with Gasteiger partial charge in [-0.15, -0.1) is 0 Å². The summed E-state index contributed by atoms with van der Waals surface area (Å²) in [7, 11) is 0. The number of carboxylic acid groups (broad SMARTS) is 1. The molecule has 2 aromatic rings. The highest BCUT2D eigenvalue weighted by molar-refractivity contribution is 5.84. The summed E-state index contributed by atoms with van der Waals surface area (Å²) >= 11 is 0. The average Bonchev–Trinajstić information content (AvgIpc) is 2.61. The summed E-state index contributed by atoms with van der Waals surface area (Å²) in [6, 6.07) is 1.42. The summed E-state index contributed by atoms with van der Waals surface area (Å²) in [5.41, 5.74) is 0.511. The fourth-order valence-electron chi connectivity index (χ4n) is 2.30. The van der Waals surface area contributed by atoms with Crippen LogP contribution < -0.4 is 10.2 Å². The third kappa shape index (κ3) is 3.74. The minimum atomic E-state index is -1.14. The molecular formula is C15H16FN5O3. The topological polar surface area (TPSA) is 100 Å². The minimum Gasteiger partial charge on any atom is -0.476 e. The molecule has 1 saturated heterocycles. The minimum absolute atomic E-state index is 0.136. The first kappa shape index (κ1) is 16.1. The van der Waals surface area contributed by atoms with Crippen LogP contribution in [0.15, 0.2) is 24.7 Å². The van der Waals surface area contributed by atoms with Gasteiger partial charge in [0.2, 0.25) is 0 Å². The van der Waals surface area contributed by atoms with Crippen molar-refractivity contribution in [3.05, 3.63) is 41.7 Å². The fraction of sp³-hybridized carbons (Fsp3) is 0.333. The molecule has 0 atom stereocenters. The standard InChI is InChI=1S/C15H16FN5O3/c16-11-5-10(7-20-14(11)21-1-3-24-4-2-21)6-18-13-9-17-12(8-19-13)15(22)23/h5,7-9H,1-4,6H2,(H,18,19)(H,22,23). The number of carboxylic acids is 1. The number of hydrogen-bond acceptors (Lipinski definition) is 7. The van der Waals surface area contributed by atoms with Gasteiger partial charge < -0.3 is 20.1 Å². The van der Waals surface area contributed by atoms with E-state index in [1.54, 1.807) is 6.20 Å². The Balaban J connectivity index is 1.63.